The lowest BCUT2D eigenvalue weighted by Gasteiger charge is -2.18. The zero-order valence-electron chi connectivity index (χ0n) is 11.4. The first-order valence-corrected chi connectivity index (χ1v) is 6.64. The van der Waals surface area contributed by atoms with Crippen LogP contribution in [0.2, 0.25) is 0 Å². The van der Waals surface area contributed by atoms with E-state index >= 15 is 0 Å². The number of nitrogens with zero attached hydrogens (tertiary/aromatic N) is 2. The van der Waals surface area contributed by atoms with E-state index < -0.39 is 0 Å². The van der Waals surface area contributed by atoms with Crippen molar-refractivity contribution in [3.63, 3.8) is 0 Å². The largest absolute Gasteiger partial charge is 0.329 e. The lowest BCUT2D eigenvalue weighted by Crippen LogP contribution is -2.22. The highest BCUT2D eigenvalue weighted by Gasteiger charge is 2.20. The monoisotopic (exact) mass is 248 g/mol. The Morgan fingerprint density at radius 1 is 1.37 bits per heavy atom. The van der Waals surface area contributed by atoms with E-state index in [-0.39, 0.29) is 5.94 Å². The van der Waals surface area contributed by atoms with Crippen molar-refractivity contribution < 1.29 is 0 Å². The van der Waals surface area contributed by atoms with Gasteiger partial charge in [-0.2, -0.15) is 0 Å². The van der Waals surface area contributed by atoms with Crippen molar-refractivity contribution in [1.82, 2.24) is 4.90 Å². The molecular formula is C15H18B2N2. The van der Waals surface area contributed by atoms with Gasteiger partial charge in [0, 0.05) is 18.7 Å². The maximum Gasteiger partial charge on any atom is 0.127 e. The van der Waals surface area contributed by atoms with Crippen LogP contribution in [0.4, 0.5) is 0 Å². The van der Waals surface area contributed by atoms with Gasteiger partial charge in [-0.1, -0.05) is 43.5 Å². The lowest BCUT2D eigenvalue weighted by atomic mass is 9.49. The number of benzene rings is 1. The molecule has 19 heavy (non-hydrogen) atoms. The molecular weight excluding hydrogens is 230 g/mol. The highest BCUT2D eigenvalue weighted by molar-refractivity contribution is 6.90. The fraction of sp³-hybridized carbons (Fsp3) is 0.133. The van der Waals surface area contributed by atoms with Crippen LogP contribution in [-0.2, 0) is 6.54 Å². The first kappa shape index (κ1) is 13.5. The van der Waals surface area contributed by atoms with Crippen molar-refractivity contribution in [2.24, 2.45) is 4.99 Å². The molecule has 2 nitrogen and oxygen atoms in total. The van der Waals surface area contributed by atoms with Crippen LogP contribution in [0.25, 0.3) is 0 Å². The van der Waals surface area contributed by atoms with Crippen LogP contribution >= 0.6 is 0 Å². The molecule has 1 unspecified atom stereocenters. The van der Waals surface area contributed by atoms with E-state index in [0.717, 1.165) is 19.6 Å². The summed E-state index contributed by atoms with van der Waals surface area (Å²) >= 11 is 0. The summed E-state index contributed by atoms with van der Waals surface area (Å²) in [6.45, 7) is 8.42. The van der Waals surface area contributed by atoms with Gasteiger partial charge in [-0.05, 0) is 23.3 Å². The normalized spacial score (nSPS) is 18.4. The SMILES string of the molecule is BBC1N=C(C=C)N(/C=C\C=C)Cc2ccccc21. The Labute approximate surface area is 116 Å². The number of fused-ring (bicyclic) bond motifs is 1. The van der Waals surface area contributed by atoms with Crippen LogP contribution in [-0.4, -0.2) is 25.6 Å². The molecule has 4 heteroatoms. The van der Waals surface area contributed by atoms with Crippen LogP contribution in [0.3, 0.4) is 0 Å². The van der Waals surface area contributed by atoms with Gasteiger partial charge in [-0.3, -0.25) is 4.99 Å². The number of allylic oxidation sites excluding steroid dienone is 2. The van der Waals surface area contributed by atoms with Gasteiger partial charge in [-0.15, -0.1) is 0 Å². The Morgan fingerprint density at radius 2 is 2.16 bits per heavy atom. The van der Waals surface area contributed by atoms with E-state index in [0.29, 0.717) is 0 Å². The van der Waals surface area contributed by atoms with Gasteiger partial charge in [0.05, 0.1) is 7.74 Å². The third-order valence-electron chi connectivity index (χ3n) is 3.31. The molecule has 94 valence electrons. The van der Waals surface area contributed by atoms with Crippen LogP contribution in [0, 0.1) is 0 Å². The third-order valence-corrected chi connectivity index (χ3v) is 3.31. The first-order chi connectivity index (χ1) is 9.30. The summed E-state index contributed by atoms with van der Waals surface area (Å²) in [5.74, 6) is 1.13. The summed E-state index contributed by atoms with van der Waals surface area (Å²) in [4.78, 5) is 6.94. The molecule has 1 atom stereocenters. The molecule has 1 aromatic rings. The van der Waals surface area contributed by atoms with Gasteiger partial charge >= 0.3 is 0 Å². The number of hydrogen-bond donors (Lipinski definition) is 0. The van der Waals surface area contributed by atoms with Gasteiger partial charge in [0.15, 0.2) is 0 Å². The summed E-state index contributed by atoms with van der Waals surface area (Å²) in [6.07, 6.45) is 7.52. The van der Waals surface area contributed by atoms with Gasteiger partial charge < -0.3 is 4.90 Å². The highest BCUT2D eigenvalue weighted by atomic mass is 15.2. The highest BCUT2D eigenvalue weighted by Crippen LogP contribution is 2.26. The van der Waals surface area contributed by atoms with Gasteiger partial charge in [0.25, 0.3) is 0 Å². The second kappa shape index (κ2) is 6.28. The fourth-order valence-electron chi connectivity index (χ4n) is 2.35. The minimum absolute atomic E-state index is 0.214. The summed E-state index contributed by atoms with van der Waals surface area (Å²) in [5, 5.41) is 0. The Bertz CT molecular complexity index is 535. The molecule has 0 aliphatic carbocycles. The Balaban J connectivity index is 2.47. The number of rotatable bonds is 4. The van der Waals surface area contributed by atoms with Crippen LogP contribution < -0.4 is 0 Å². The van der Waals surface area contributed by atoms with Crippen molar-refractivity contribution in [3.8, 4) is 0 Å². The standard InChI is InChI=1S/C15H18B2N2/c1-3-5-10-19-11-12-8-6-7-9-13(12)15(17-16)18-14(19)4-2/h3-10,15,17H,1-2,11,16H2/b10-5-. The molecule has 0 spiro atoms. The topological polar surface area (TPSA) is 15.6 Å². The molecule has 0 fully saturated rings. The second-order valence-corrected chi connectivity index (χ2v) is 4.52. The minimum atomic E-state index is 0.214. The fourth-order valence-corrected chi connectivity index (χ4v) is 2.35. The first-order valence-electron chi connectivity index (χ1n) is 6.64. The van der Waals surface area contributed by atoms with Gasteiger partial charge in [0.2, 0.25) is 0 Å². The predicted molar refractivity (Wildman–Crippen MR) is 87.4 cm³/mol. The van der Waals surface area contributed by atoms with E-state index in [1.807, 2.05) is 18.4 Å². The number of aliphatic imine (C=N–C) groups is 1. The minimum Gasteiger partial charge on any atom is -0.329 e. The molecule has 0 aromatic heterocycles. The van der Waals surface area contributed by atoms with Crippen LogP contribution in [0.1, 0.15) is 17.1 Å². The molecule has 1 aliphatic rings. The van der Waals surface area contributed by atoms with Gasteiger partial charge in [0.1, 0.15) is 13.0 Å². The molecule has 0 bridgehead atoms. The molecule has 0 saturated heterocycles. The molecule has 0 N–H and O–H groups in total. The average Bonchev–Trinajstić information content (AvgIpc) is 2.61. The summed E-state index contributed by atoms with van der Waals surface area (Å²) in [5.41, 5.74) is 2.64. The van der Waals surface area contributed by atoms with Gasteiger partial charge in [-0.25, -0.2) is 0 Å². The lowest BCUT2D eigenvalue weighted by molar-refractivity contribution is 0.558. The summed E-state index contributed by atoms with van der Waals surface area (Å²) < 4.78 is 0. The second-order valence-electron chi connectivity index (χ2n) is 4.52. The molecule has 1 aromatic carbocycles. The zero-order chi connectivity index (χ0) is 13.7. The molecule has 1 heterocycles. The summed E-state index contributed by atoms with van der Waals surface area (Å²) in [7, 11) is 3.16. The Hall–Kier alpha value is -1.96. The molecule has 0 radical (unpaired) electrons. The van der Waals surface area contributed by atoms with Crippen molar-refractivity contribution in [2.75, 3.05) is 0 Å². The maximum atomic E-state index is 4.83. The summed E-state index contributed by atoms with van der Waals surface area (Å²) in [6, 6.07) is 8.52. The quantitative estimate of drug-likeness (QED) is 0.585. The molecule has 2 rings (SSSR count). The van der Waals surface area contributed by atoms with Crippen LogP contribution in [0.15, 0.2) is 66.8 Å². The van der Waals surface area contributed by atoms with E-state index in [2.05, 4.69) is 50.1 Å². The van der Waals surface area contributed by atoms with Crippen molar-refractivity contribution in [1.29, 1.82) is 0 Å². The average molecular weight is 248 g/mol. The molecule has 0 amide bonds. The maximum absolute atomic E-state index is 4.83. The molecule has 0 saturated carbocycles. The van der Waals surface area contributed by atoms with Crippen LogP contribution in [0.5, 0.6) is 0 Å². The predicted octanol–water partition coefficient (Wildman–Crippen LogP) is 1.77. The van der Waals surface area contributed by atoms with E-state index in [1.165, 1.54) is 11.1 Å². The molecule has 1 aliphatic heterocycles. The third kappa shape index (κ3) is 2.90. The number of amidine groups is 1. The van der Waals surface area contributed by atoms with E-state index in [1.54, 1.807) is 6.08 Å². The zero-order valence-corrected chi connectivity index (χ0v) is 11.4. The van der Waals surface area contributed by atoms with Crippen molar-refractivity contribution >= 4 is 20.7 Å². The Morgan fingerprint density at radius 3 is 2.84 bits per heavy atom. The smallest absolute Gasteiger partial charge is 0.127 e. The van der Waals surface area contributed by atoms with E-state index in [4.69, 9.17) is 4.99 Å². The Kier molecular flexibility index (Phi) is 4.45. The van der Waals surface area contributed by atoms with Crippen molar-refractivity contribution in [3.05, 3.63) is 73.0 Å². The number of hydrogen-bond acceptors (Lipinski definition) is 2. The van der Waals surface area contributed by atoms with Crippen molar-refractivity contribution in [2.45, 2.75) is 12.5 Å². The van der Waals surface area contributed by atoms with E-state index in [9.17, 15) is 0 Å².